The summed E-state index contributed by atoms with van der Waals surface area (Å²) in [4.78, 5) is 4.33. The van der Waals surface area contributed by atoms with E-state index in [0.717, 1.165) is 23.8 Å². The highest BCUT2D eigenvalue weighted by Crippen LogP contribution is 2.07. The third-order valence-corrected chi connectivity index (χ3v) is 2.60. The molecule has 0 aliphatic rings. The lowest BCUT2D eigenvalue weighted by atomic mass is 10.2. The van der Waals surface area contributed by atoms with Crippen LogP contribution in [-0.2, 0) is 6.54 Å². The van der Waals surface area contributed by atoms with Gasteiger partial charge in [0.1, 0.15) is 0 Å². The van der Waals surface area contributed by atoms with Crippen molar-refractivity contribution in [2.24, 2.45) is 5.92 Å². The molecule has 0 aliphatic carbocycles. The van der Waals surface area contributed by atoms with Gasteiger partial charge in [0.25, 0.3) is 0 Å². The maximum atomic E-state index is 8.78. The molecule has 1 aromatic heterocycles. The van der Waals surface area contributed by atoms with E-state index in [1.165, 1.54) is 0 Å². The average Bonchev–Trinajstić information content (AvgIpc) is 2.51. The summed E-state index contributed by atoms with van der Waals surface area (Å²) in [5.74, 6) is 0.319. The van der Waals surface area contributed by atoms with Gasteiger partial charge in [-0.1, -0.05) is 6.92 Å². The van der Waals surface area contributed by atoms with Crippen LogP contribution in [0.5, 0.6) is 0 Å². The van der Waals surface area contributed by atoms with Crippen LogP contribution in [0.3, 0.4) is 0 Å². The maximum absolute atomic E-state index is 8.78. The molecule has 0 saturated carbocycles. The van der Waals surface area contributed by atoms with Crippen molar-refractivity contribution >= 4 is 11.3 Å². The number of hydrogen-bond donors (Lipinski definition) is 2. The van der Waals surface area contributed by atoms with Gasteiger partial charge in [0.15, 0.2) is 0 Å². The Morgan fingerprint density at radius 1 is 1.69 bits per heavy atom. The van der Waals surface area contributed by atoms with Gasteiger partial charge in [-0.2, -0.15) is 0 Å². The van der Waals surface area contributed by atoms with E-state index in [4.69, 9.17) is 5.11 Å². The molecule has 0 aliphatic heterocycles. The molecule has 0 saturated heterocycles. The normalized spacial score (nSPS) is 13.2. The van der Waals surface area contributed by atoms with Gasteiger partial charge in [-0.25, -0.2) is 4.98 Å². The summed E-state index contributed by atoms with van der Waals surface area (Å²) >= 11 is 1.67. The van der Waals surface area contributed by atoms with E-state index in [9.17, 15) is 0 Å². The van der Waals surface area contributed by atoms with Gasteiger partial charge in [0, 0.05) is 25.1 Å². The third kappa shape index (κ3) is 3.85. The van der Waals surface area contributed by atoms with Crippen molar-refractivity contribution < 1.29 is 5.11 Å². The Morgan fingerprint density at radius 2 is 2.46 bits per heavy atom. The lowest BCUT2D eigenvalue weighted by Crippen LogP contribution is -2.22. The van der Waals surface area contributed by atoms with Gasteiger partial charge >= 0.3 is 0 Å². The summed E-state index contributed by atoms with van der Waals surface area (Å²) in [7, 11) is 0. The van der Waals surface area contributed by atoms with Crippen LogP contribution < -0.4 is 5.32 Å². The van der Waals surface area contributed by atoms with E-state index in [2.05, 4.69) is 15.7 Å². The molecule has 1 heterocycles. The molecule has 13 heavy (non-hydrogen) atoms. The van der Waals surface area contributed by atoms with Crippen LogP contribution in [-0.4, -0.2) is 23.2 Å². The molecule has 0 aromatic carbocycles. The molecule has 0 amide bonds. The Balaban J connectivity index is 2.20. The fourth-order valence-electron chi connectivity index (χ4n) is 1.00. The number of nitrogens with zero attached hydrogens (tertiary/aromatic N) is 1. The minimum absolute atomic E-state index is 0.239. The van der Waals surface area contributed by atoms with E-state index >= 15 is 0 Å². The molecule has 0 fully saturated rings. The second kappa shape index (κ2) is 5.32. The molecule has 0 radical (unpaired) electrons. The molecule has 1 atom stereocenters. The molecule has 0 spiro atoms. The number of nitrogens with one attached hydrogen (secondary N) is 1. The molecule has 2 N–H and O–H groups in total. The van der Waals surface area contributed by atoms with Crippen LogP contribution in [0.25, 0.3) is 0 Å². The molecule has 1 aromatic rings. The summed E-state index contributed by atoms with van der Waals surface area (Å²) in [6.45, 7) is 5.90. The monoisotopic (exact) mass is 200 g/mol. The molecule has 4 heteroatoms. The lowest BCUT2D eigenvalue weighted by Gasteiger charge is -2.07. The first-order valence-corrected chi connectivity index (χ1v) is 5.33. The number of aryl methyl sites for hydroxylation is 1. The van der Waals surface area contributed by atoms with Gasteiger partial charge in [0.2, 0.25) is 0 Å². The second-order valence-corrected chi connectivity index (χ2v) is 4.34. The topological polar surface area (TPSA) is 45.2 Å². The zero-order valence-electron chi connectivity index (χ0n) is 8.08. The predicted molar refractivity (Wildman–Crippen MR) is 54.8 cm³/mol. The van der Waals surface area contributed by atoms with Gasteiger partial charge in [-0.15, -0.1) is 11.3 Å². The molecular formula is C9H16N2OS. The van der Waals surface area contributed by atoms with Crippen molar-refractivity contribution in [2.45, 2.75) is 20.4 Å². The number of thiazole rings is 1. The van der Waals surface area contributed by atoms with E-state index in [1.807, 2.05) is 13.8 Å². The summed E-state index contributed by atoms with van der Waals surface area (Å²) in [5, 5.41) is 15.2. The van der Waals surface area contributed by atoms with Crippen molar-refractivity contribution in [3.63, 3.8) is 0 Å². The van der Waals surface area contributed by atoms with Crippen LogP contribution >= 0.6 is 11.3 Å². The summed E-state index contributed by atoms with van der Waals surface area (Å²) in [6.07, 6.45) is 0. The SMILES string of the molecule is Cc1nc(CNCC(C)CO)cs1. The van der Waals surface area contributed by atoms with Gasteiger partial charge in [-0.05, 0) is 12.8 Å². The molecular weight excluding hydrogens is 184 g/mol. The van der Waals surface area contributed by atoms with Gasteiger partial charge in [-0.3, -0.25) is 0 Å². The number of hydrogen-bond acceptors (Lipinski definition) is 4. The van der Waals surface area contributed by atoms with E-state index in [1.54, 1.807) is 11.3 Å². The van der Waals surface area contributed by atoms with Crippen molar-refractivity contribution in [3.8, 4) is 0 Å². The number of aromatic nitrogens is 1. The Morgan fingerprint density at radius 3 is 3.00 bits per heavy atom. The van der Waals surface area contributed by atoms with Gasteiger partial charge < -0.3 is 10.4 Å². The summed E-state index contributed by atoms with van der Waals surface area (Å²) in [6, 6.07) is 0. The number of aliphatic hydroxyl groups is 1. The lowest BCUT2D eigenvalue weighted by molar-refractivity contribution is 0.233. The molecule has 0 bridgehead atoms. The fourth-order valence-corrected chi connectivity index (χ4v) is 1.61. The highest BCUT2D eigenvalue weighted by Gasteiger charge is 2.00. The number of rotatable bonds is 5. The highest BCUT2D eigenvalue weighted by molar-refractivity contribution is 7.09. The first-order valence-electron chi connectivity index (χ1n) is 4.45. The molecule has 1 rings (SSSR count). The predicted octanol–water partition coefficient (Wildman–Crippen LogP) is 1.17. The molecule has 74 valence electrons. The van der Waals surface area contributed by atoms with Crippen LogP contribution in [0.15, 0.2) is 5.38 Å². The average molecular weight is 200 g/mol. The Kier molecular flexibility index (Phi) is 4.35. The first kappa shape index (κ1) is 10.6. The standard InChI is InChI=1S/C9H16N2OS/c1-7(5-12)3-10-4-9-6-13-8(2)11-9/h6-7,10,12H,3-5H2,1-2H3. The second-order valence-electron chi connectivity index (χ2n) is 3.28. The molecule has 3 nitrogen and oxygen atoms in total. The minimum Gasteiger partial charge on any atom is -0.396 e. The summed E-state index contributed by atoms with van der Waals surface area (Å²) in [5.41, 5.74) is 1.09. The smallest absolute Gasteiger partial charge is 0.0897 e. The third-order valence-electron chi connectivity index (χ3n) is 1.78. The Labute approximate surface area is 82.8 Å². The zero-order chi connectivity index (χ0) is 9.68. The van der Waals surface area contributed by atoms with Crippen molar-refractivity contribution in [1.29, 1.82) is 0 Å². The molecule has 1 unspecified atom stereocenters. The van der Waals surface area contributed by atoms with Gasteiger partial charge in [0.05, 0.1) is 10.7 Å². The van der Waals surface area contributed by atoms with Crippen LogP contribution in [0.2, 0.25) is 0 Å². The highest BCUT2D eigenvalue weighted by atomic mass is 32.1. The Bertz CT molecular complexity index is 250. The van der Waals surface area contributed by atoms with Crippen molar-refractivity contribution in [3.05, 3.63) is 16.1 Å². The summed E-state index contributed by atoms with van der Waals surface area (Å²) < 4.78 is 0. The number of aliphatic hydroxyl groups excluding tert-OH is 1. The van der Waals surface area contributed by atoms with Crippen molar-refractivity contribution in [1.82, 2.24) is 10.3 Å². The largest absolute Gasteiger partial charge is 0.396 e. The maximum Gasteiger partial charge on any atom is 0.0897 e. The Hall–Kier alpha value is -0.450. The van der Waals surface area contributed by atoms with E-state index in [0.29, 0.717) is 5.92 Å². The fraction of sp³-hybridized carbons (Fsp3) is 0.667. The van der Waals surface area contributed by atoms with Crippen LogP contribution in [0.1, 0.15) is 17.6 Å². The van der Waals surface area contributed by atoms with Crippen molar-refractivity contribution in [2.75, 3.05) is 13.2 Å². The van der Waals surface area contributed by atoms with E-state index < -0.39 is 0 Å². The van der Waals surface area contributed by atoms with Crippen LogP contribution in [0.4, 0.5) is 0 Å². The quantitative estimate of drug-likeness (QED) is 0.750. The van der Waals surface area contributed by atoms with E-state index in [-0.39, 0.29) is 6.61 Å². The van der Waals surface area contributed by atoms with Crippen LogP contribution in [0, 0.1) is 12.8 Å². The zero-order valence-corrected chi connectivity index (χ0v) is 8.90. The minimum atomic E-state index is 0.239. The first-order chi connectivity index (χ1) is 6.22.